The van der Waals surface area contributed by atoms with Crippen molar-refractivity contribution in [2.75, 3.05) is 12.8 Å². The first-order chi connectivity index (χ1) is 8.63. The topological polar surface area (TPSA) is 32.7 Å². The Bertz CT molecular complexity index is 498. The number of hydrogen-bond acceptors (Lipinski definition) is 3. The van der Waals surface area contributed by atoms with Crippen molar-refractivity contribution in [3.8, 4) is 0 Å². The molecule has 0 saturated heterocycles. The van der Waals surface area contributed by atoms with Crippen LogP contribution in [0, 0.1) is 0 Å². The molecule has 0 spiro atoms. The summed E-state index contributed by atoms with van der Waals surface area (Å²) < 4.78 is 0. The molecule has 0 N–H and O–H groups in total. The maximum atomic E-state index is 12.5. The molecule has 0 aromatic heterocycles. The zero-order valence-electron chi connectivity index (χ0n) is 10.6. The SMILES string of the molecule is C=CCN1C(=O)C(C)(c2ccccc2)N=C1SC. The van der Waals surface area contributed by atoms with E-state index in [0.717, 1.165) is 10.7 Å². The summed E-state index contributed by atoms with van der Waals surface area (Å²) in [6.45, 7) is 6.06. The van der Waals surface area contributed by atoms with Gasteiger partial charge in [0.05, 0.1) is 0 Å². The average Bonchev–Trinajstić information content (AvgIpc) is 2.66. The molecule has 0 bridgehead atoms. The predicted octanol–water partition coefficient (Wildman–Crippen LogP) is 2.65. The highest BCUT2D eigenvalue weighted by Crippen LogP contribution is 2.35. The molecule has 1 heterocycles. The number of benzene rings is 1. The first kappa shape index (κ1) is 12.9. The third-order valence-electron chi connectivity index (χ3n) is 3.04. The van der Waals surface area contributed by atoms with Crippen LogP contribution in [0.1, 0.15) is 12.5 Å². The Kier molecular flexibility index (Phi) is 3.57. The van der Waals surface area contributed by atoms with Crippen LogP contribution < -0.4 is 0 Å². The maximum absolute atomic E-state index is 12.5. The van der Waals surface area contributed by atoms with Gasteiger partial charge in [0.25, 0.3) is 5.91 Å². The van der Waals surface area contributed by atoms with E-state index < -0.39 is 5.54 Å². The maximum Gasteiger partial charge on any atom is 0.261 e. The number of amidine groups is 1. The van der Waals surface area contributed by atoms with Gasteiger partial charge in [0, 0.05) is 6.54 Å². The molecule has 18 heavy (non-hydrogen) atoms. The number of carbonyl (C=O) groups is 1. The van der Waals surface area contributed by atoms with Gasteiger partial charge in [-0.3, -0.25) is 9.69 Å². The van der Waals surface area contributed by atoms with Crippen molar-refractivity contribution >= 4 is 22.8 Å². The molecule has 1 aromatic carbocycles. The zero-order chi connectivity index (χ0) is 13.2. The van der Waals surface area contributed by atoms with E-state index >= 15 is 0 Å². The number of hydrogen-bond donors (Lipinski definition) is 0. The minimum Gasteiger partial charge on any atom is -0.285 e. The summed E-state index contributed by atoms with van der Waals surface area (Å²) in [4.78, 5) is 18.8. The second-order valence-corrected chi connectivity index (χ2v) is 5.01. The summed E-state index contributed by atoms with van der Waals surface area (Å²) in [5.41, 5.74) is 0.121. The first-order valence-corrected chi connectivity index (χ1v) is 6.98. The highest BCUT2D eigenvalue weighted by molar-refractivity contribution is 8.13. The van der Waals surface area contributed by atoms with E-state index in [1.54, 1.807) is 11.0 Å². The lowest BCUT2D eigenvalue weighted by Crippen LogP contribution is -2.38. The Balaban J connectivity index is 2.44. The third-order valence-corrected chi connectivity index (χ3v) is 3.72. The van der Waals surface area contributed by atoms with Crippen molar-refractivity contribution in [3.05, 3.63) is 48.6 Å². The molecule has 0 radical (unpaired) electrons. The molecular weight excluding hydrogens is 244 g/mol. The van der Waals surface area contributed by atoms with Crippen LogP contribution in [-0.2, 0) is 10.3 Å². The summed E-state index contributed by atoms with van der Waals surface area (Å²) in [6, 6.07) is 9.68. The number of nitrogens with zero attached hydrogens (tertiary/aromatic N) is 2. The largest absolute Gasteiger partial charge is 0.285 e. The highest BCUT2D eigenvalue weighted by Gasteiger charge is 2.45. The van der Waals surface area contributed by atoms with Gasteiger partial charge < -0.3 is 0 Å². The molecule has 1 amide bonds. The number of rotatable bonds is 3. The number of amides is 1. The van der Waals surface area contributed by atoms with Crippen molar-refractivity contribution in [2.24, 2.45) is 4.99 Å². The van der Waals surface area contributed by atoms with Crippen LogP contribution in [0.5, 0.6) is 0 Å². The second-order valence-electron chi connectivity index (χ2n) is 4.24. The van der Waals surface area contributed by atoms with Gasteiger partial charge in [-0.05, 0) is 18.7 Å². The fourth-order valence-electron chi connectivity index (χ4n) is 2.05. The molecule has 1 atom stereocenters. The molecule has 0 fully saturated rings. The fourth-order valence-corrected chi connectivity index (χ4v) is 2.70. The average molecular weight is 260 g/mol. The van der Waals surface area contributed by atoms with Crippen LogP contribution in [0.25, 0.3) is 0 Å². The molecule has 2 rings (SSSR count). The minimum atomic E-state index is -0.803. The van der Waals surface area contributed by atoms with Gasteiger partial charge >= 0.3 is 0 Å². The summed E-state index contributed by atoms with van der Waals surface area (Å²) in [5.74, 6) is 0.0120. The number of aliphatic imine (C=N–C) groups is 1. The van der Waals surface area contributed by atoms with Crippen molar-refractivity contribution in [1.82, 2.24) is 4.90 Å². The molecule has 1 aromatic rings. The first-order valence-electron chi connectivity index (χ1n) is 5.75. The molecular formula is C14H16N2OS. The summed E-state index contributed by atoms with van der Waals surface area (Å²) in [6.07, 6.45) is 3.65. The second kappa shape index (κ2) is 4.98. The quantitative estimate of drug-likeness (QED) is 0.783. The van der Waals surface area contributed by atoms with E-state index in [2.05, 4.69) is 11.6 Å². The van der Waals surface area contributed by atoms with Crippen LogP contribution in [0.2, 0.25) is 0 Å². The third kappa shape index (κ3) is 1.97. The summed E-state index contributed by atoms with van der Waals surface area (Å²) in [5, 5.41) is 0.756. The van der Waals surface area contributed by atoms with E-state index in [1.165, 1.54) is 11.8 Å². The Morgan fingerprint density at radius 3 is 2.67 bits per heavy atom. The smallest absolute Gasteiger partial charge is 0.261 e. The standard InChI is InChI=1S/C14H16N2OS/c1-4-10-16-12(17)14(2,15-13(16)18-3)11-8-6-5-7-9-11/h4-9H,1,10H2,2-3H3. The van der Waals surface area contributed by atoms with Crippen LogP contribution in [0.4, 0.5) is 0 Å². The normalized spacial score (nSPS) is 23.1. The van der Waals surface area contributed by atoms with Gasteiger partial charge in [-0.1, -0.05) is 48.2 Å². The van der Waals surface area contributed by atoms with Crippen LogP contribution in [0.3, 0.4) is 0 Å². The monoisotopic (exact) mass is 260 g/mol. The van der Waals surface area contributed by atoms with E-state index in [-0.39, 0.29) is 5.91 Å². The fraction of sp³-hybridized carbons (Fsp3) is 0.286. The molecule has 94 valence electrons. The lowest BCUT2D eigenvalue weighted by atomic mass is 9.92. The zero-order valence-corrected chi connectivity index (χ0v) is 11.4. The number of carbonyl (C=O) groups excluding carboxylic acids is 1. The van der Waals surface area contributed by atoms with Crippen LogP contribution in [0.15, 0.2) is 48.0 Å². The van der Waals surface area contributed by atoms with Crippen molar-refractivity contribution < 1.29 is 4.79 Å². The van der Waals surface area contributed by atoms with Crippen molar-refractivity contribution in [2.45, 2.75) is 12.5 Å². The van der Waals surface area contributed by atoms with Crippen LogP contribution >= 0.6 is 11.8 Å². The molecule has 4 heteroatoms. The molecule has 1 aliphatic rings. The van der Waals surface area contributed by atoms with Gasteiger partial charge in [0.1, 0.15) is 0 Å². The summed E-state index contributed by atoms with van der Waals surface area (Å²) in [7, 11) is 0. The molecule has 1 aliphatic heterocycles. The highest BCUT2D eigenvalue weighted by atomic mass is 32.2. The van der Waals surface area contributed by atoms with E-state index in [4.69, 9.17) is 0 Å². The Morgan fingerprint density at radius 2 is 2.11 bits per heavy atom. The minimum absolute atomic E-state index is 0.0120. The van der Waals surface area contributed by atoms with Gasteiger partial charge in [-0.15, -0.1) is 6.58 Å². The molecule has 1 unspecified atom stereocenters. The lowest BCUT2D eigenvalue weighted by molar-refractivity contribution is -0.130. The van der Waals surface area contributed by atoms with Gasteiger partial charge in [-0.25, -0.2) is 4.99 Å². The van der Waals surface area contributed by atoms with Crippen LogP contribution in [-0.4, -0.2) is 28.8 Å². The van der Waals surface area contributed by atoms with E-state index in [9.17, 15) is 4.79 Å². The Labute approximate surface area is 112 Å². The van der Waals surface area contributed by atoms with Gasteiger partial charge in [0.2, 0.25) is 0 Å². The molecule has 0 aliphatic carbocycles. The Hall–Kier alpha value is -1.55. The van der Waals surface area contributed by atoms with E-state index in [0.29, 0.717) is 6.54 Å². The molecule has 0 saturated carbocycles. The van der Waals surface area contributed by atoms with Gasteiger partial charge in [0.15, 0.2) is 10.7 Å². The summed E-state index contributed by atoms with van der Waals surface area (Å²) >= 11 is 1.49. The molecule has 3 nitrogen and oxygen atoms in total. The predicted molar refractivity (Wildman–Crippen MR) is 76.7 cm³/mol. The lowest BCUT2D eigenvalue weighted by Gasteiger charge is -2.22. The van der Waals surface area contributed by atoms with Crippen molar-refractivity contribution in [1.29, 1.82) is 0 Å². The van der Waals surface area contributed by atoms with Gasteiger partial charge in [-0.2, -0.15) is 0 Å². The van der Waals surface area contributed by atoms with Crippen molar-refractivity contribution in [3.63, 3.8) is 0 Å². The number of thioether (sulfide) groups is 1. The van der Waals surface area contributed by atoms with E-state index in [1.807, 2.05) is 43.5 Å². The Morgan fingerprint density at radius 1 is 1.44 bits per heavy atom.